The Morgan fingerprint density at radius 1 is 1.10 bits per heavy atom. The Hall–Kier alpha value is -2.29. The topological polar surface area (TPSA) is 68.7 Å². The van der Waals surface area contributed by atoms with Gasteiger partial charge < -0.3 is 14.4 Å². The summed E-state index contributed by atoms with van der Waals surface area (Å²) >= 11 is 7.53. The summed E-state index contributed by atoms with van der Waals surface area (Å²) in [5.74, 6) is 1.46. The summed E-state index contributed by atoms with van der Waals surface area (Å²) < 4.78 is 36.8. The first-order valence-electron chi connectivity index (χ1n) is 9.84. The molecule has 1 aliphatic rings. The lowest BCUT2D eigenvalue weighted by atomic mass is 10.1. The molecule has 0 saturated carbocycles. The molecule has 4 rings (SSSR count). The highest BCUT2D eigenvalue weighted by Crippen LogP contribution is 2.37. The maximum atomic E-state index is 13.0. The minimum Gasteiger partial charge on any atom is -0.497 e. The molecule has 3 aromatic rings. The summed E-state index contributed by atoms with van der Waals surface area (Å²) in [6.45, 7) is 1.26. The van der Waals surface area contributed by atoms with E-state index in [1.54, 1.807) is 43.8 Å². The highest BCUT2D eigenvalue weighted by molar-refractivity contribution is 7.92. The second-order valence-corrected chi connectivity index (χ2v) is 10.8. The molecule has 6 nitrogen and oxygen atoms in total. The molecule has 0 radical (unpaired) electrons. The maximum absolute atomic E-state index is 13.0. The molecule has 31 heavy (non-hydrogen) atoms. The second kappa shape index (κ2) is 9.06. The van der Waals surface area contributed by atoms with Crippen LogP contribution in [0.1, 0.15) is 12.8 Å². The fraction of sp³-hybridized carbons (Fsp3) is 0.318. The average Bonchev–Trinajstić information content (AvgIpc) is 3.29. The van der Waals surface area contributed by atoms with E-state index in [9.17, 15) is 8.42 Å². The molecule has 0 amide bonds. The van der Waals surface area contributed by atoms with Gasteiger partial charge in [0.2, 0.25) is 0 Å². The van der Waals surface area contributed by atoms with Crippen LogP contribution in [-0.4, -0.2) is 46.0 Å². The average molecular weight is 479 g/mol. The molecule has 0 N–H and O–H groups in total. The minimum atomic E-state index is -3.40. The van der Waals surface area contributed by atoms with Crippen LogP contribution in [0, 0.1) is 0 Å². The molecule has 1 aromatic heterocycles. The van der Waals surface area contributed by atoms with Crippen molar-refractivity contribution in [3.63, 3.8) is 0 Å². The van der Waals surface area contributed by atoms with Crippen molar-refractivity contribution < 1.29 is 17.9 Å². The smallest absolute Gasteiger partial charge is 0.185 e. The summed E-state index contributed by atoms with van der Waals surface area (Å²) in [6, 6.07) is 12.1. The number of hydrogen-bond donors (Lipinski definition) is 0. The van der Waals surface area contributed by atoms with E-state index in [1.807, 2.05) is 23.6 Å². The highest BCUT2D eigenvalue weighted by Gasteiger charge is 2.32. The van der Waals surface area contributed by atoms with E-state index in [-0.39, 0.29) is 0 Å². The van der Waals surface area contributed by atoms with Gasteiger partial charge in [-0.25, -0.2) is 13.4 Å². The number of methoxy groups -OCH3 is 2. The standard InChI is InChI=1S/C22H23ClN2O4S2/c1-28-16-6-7-21(29-2)19(13-16)20-14-30-22(24-20)25-10-8-17(9-11-25)31(26,27)18-5-3-4-15(23)12-18/h3-7,12-14,17H,8-11H2,1-2H3. The lowest BCUT2D eigenvalue weighted by Gasteiger charge is -2.31. The molecule has 1 saturated heterocycles. The molecule has 0 atom stereocenters. The predicted molar refractivity (Wildman–Crippen MR) is 125 cm³/mol. The van der Waals surface area contributed by atoms with Gasteiger partial charge >= 0.3 is 0 Å². The monoisotopic (exact) mass is 478 g/mol. The number of rotatable bonds is 6. The van der Waals surface area contributed by atoms with E-state index in [1.165, 1.54) is 6.07 Å². The molecule has 1 fully saturated rings. The molecule has 1 aliphatic heterocycles. The van der Waals surface area contributed by atoms with Crippen LogP contribution in [0.3, 0.4) is 0 Å². The van der Waals surface area contributed by atoms with Crippen molar-refractivity contribution in [2.24, 2.45) is 0 Å². The van der Waals surface area contributed by atoms with E-state index >= 15 is 0 Å². The SMILES string of the molecule is COc1ccc(OC)c(-c2csc(N3CCC(S(=O)(=O)c4cccc(Cl)c4)CC3)n2)c1. The van der Waals surface area contributed by atoms with Gasteiger partial charge in [0.05, 0.1) is 30.1 Å². The lowest BCUT2D eigenvalue weighted by Crippen LogP contribution is -2.39. The summed E-state index contributed by atoms with van der Waals surface area (Å²) in [5, 5.41) is 2.88. The molecule has 0 aliphatic carbocycles. The quantitative estimate of drug-likeness (QED) is 0.500. The zero-order valence-corrected chi connectivity index (χ0v) is 19.6. The Bertz CT molecular complexity index is 1170. The predicted octanol–water partition coefficient (Wildman–Crippen LogP) is 4.92. The second-order valence-electron chi connectivity index (χ2n) is 7.27. The Labute approximate surface area is 191 Å². The van der Waals surface area contributed by atoms with E-state index in [0.717, 1.165) is 27.9 Å². The molecule has 0 unspecified atom stereocenters. The van der Waals surface area contributed by atoms with Crippen molar-refractivity contribution in [3.8, 4) is 22.8 Å². The molecule has 2 heterocycles. The van der Waals surface area contributed by atoms with Crippen LogP contribution in [0.15, 0.2) is 52.7 Å². The Balaban J connectivity index is 1.49. The maximum Gasteiger partial charge on any atom is 0.185 e. The first kappa shape index (κ1) is 21.9. The van der Waals surface area contributed by atoms with Gasteiger partial charge in [-0.2, -0.15) is 0 Å². The van der Waals surface area contributed by atoms with E-state index in [2.05, 4.69) is 4.90 Å². The van der Waals surface area contributed by atoms with Gasteiger partial charge in [0.1, 0.15) is 11.5 Å². The molecule has 9 heteroatoms. The Morgan fingerprint density at radius 3 is 2.55 bits per heavy atom. The number of ether oxygens (including phenoxy) is 2. The van der Waals surface area contributed by atoms with E-state index < -0.39 is 15.1 Å². The van der Waals surface area contributed by atoms with Crippen molar-refractivity contribution in [3.05, 3.63) is 52.9 Å². The molecular weight excluding hydrogens is 456 g/mol. The number of halogens is 1. The van der Waals surface area contributed by atoms with Crippen LogP contribution in [0.25, 0.3) is 11.3 Å². The van der Waals surface area contributed by atoms with Gasteiger partial charge in [-0.15, -0.1) is 11.3 Å². The van der Waals surface area contributed by atoms with Gasteiger partial charge in [0, 0.05) is 29.1 Å². The van der Waals surface area contributed by atoms with Crippen LogP contribution in [-0.2, 0) is 9.84 Å². The number of aromatic nitrogens is 1. The van der Waals surface area contributed by atoms with Gasteiger partial charge in [-0.05, 0) is 49.2 Å². The van der Waals surface area contributed by atoms with Gasteiger partial charge in [0.15, 0.2) is 15.0 Å². The van der Waals surface area contributed by atoms with Gasteiger partial charge in [-0.1, -0.05) is 17.7 Å². The molecule has 0 bridgehead atoms. The highest BCUT2D eigenvalue weighted by atomic mass is 35.5. The summed E-state index contributed by atoms with van der Waals surface area (Å²) in [4.78, 5) is 7.22. The third-order valence-corrected chi connectivity index (χ3v) is 8.85. The third kappa shape index (κ3) is 4.51. The Morgan fingerprint density at radius 2 is 1.87 bits per heavy atom. The number of hydrogen-bond acceptors (Lipinski definition) is 7. The summed E-state index contributed by atoms with van der Waals surface area (Å²) in [6.07, 6.45) is 1.10. The first-order chi connectivity index (χ1) is 14.9. The molecular formula is C22H23ClN2O4S2. The summed E-state index contributed by atoms with van der Waals surface area (Å²) in [5.41, 5.74) is 1.67. The number of nitrogens with zero attached hydrogens (tertiary/aromatic N) is 2. The minimum absolute atomic E-state index is 0.292. The van der Waals surface area contributed by atoms with E-state index in [0.29, 0.717) is 35.8 Å². The molecule has 0 spiro atoms. The van der Waals surface area contributed by atoms with Crippen molar-refractivity contribution in [2.75, 3.05) is 32.2 Å². The van der Waals surface area contributed by atoms with Crippen LogP contribution in [0.4, 0.5) is 5.13 Å². The van der Waals surface area contributed by atoms with Crippen molar-refractivity contribution in [1.82, 2.24) is 4.98 Å². The number of benzene rings is 2. The van der Waals surface area contributed by atoms with Crippen LogP contribution in [0.5, 0.6) is 11.5 Å². The van der Waals surface area contributed by atoms with Crippen LogP contribution < -0.4 is 14.4 Å². The number of anilines is 1. The van der Waals surface area contributed by atoms with Gasteiger partial charge in [-0.3, -0.25) is 0 Å². The van der Waals surface area contributed by atoms with Crippen molar-refractivity contribution in [2.45, 2.75) is 23.0 Å². The first-order valence-corrected chi connectivity index (χ1v) is 12.6. The zero-order chi connectivity index (χ0) is 22.0. The van der Waals surface area contributed by atoms with Gasteiger partial charge in [0.25, 0.3) is 0 Å². The Kier molecular flexibility index (Phi) is 6.41. The molecule has 2 aromatic carbocycles. The molecule has 164 valence electrons. The van der Waals surface area contributed by atoms with Crippen LogP contribution >= 0.6 is 22.9 Å². The van der Waals surface area contributed by atoms with E-state index in [4.69, 9.17) is 26.1 Å². The largest absolute Gasteiger partial charge is 0.497 e. The number of sulfone groups is 1. The van der Waals surface area contributed by atoms with Crippen molar-refractivity contribution >= 4 is 37.9 Å². The fourth-order valence-corrected chi connectivity index (χ4v) is 6.65. The third-order valence-electron chi connectivity index (χ3n) is 5.45. The zero-order valence-electron chi connectivity index (χ0n) is 17.2. The fourth-order valence-electron chi connectivity index (χ4n) is 3.74. The summed E-state index contributed by atoms with van der Waals surface area (Å²) in [7, 11) is -0.150. The number of piperidine rings is 1. The van der Waals surface area contributed by atoms with Crippen LogP contribution in [0.2, 0.25) is 5.02 Å². The lowest BCUT2D eigenvalue weighted by molar-refractivity contribution is 0.404. The normalized spacial score (nSPS) is 15.1. The van der Waals surface area contributed by atoms with Crippen molar-refractivity contribution in [1.29, 1.82) is 0 Å². The number of thiazole rings is 1.